The summed E-state index contributed by atoms with van der Waals surface area (Å²) < 4.78 is 10.7. The van der Waals surface area contributed by atoms with Gasteiger partial charge >= 0.3 is 11.9 Å². The first kappa shape index (κ1) is 71.5. The second-order valence-electron chi connectivity index (χ2n) is 20.0. The highest BCUT2D eigenvalue weighted by atomic mass is 16.6. The number of carbonyl (C=O) groups is 2. The maximum atomic E-state index is 12.3. The van der Waals surface area contributed by atoms with Crippen molar-refractivity contribution in [2.45, 2.75) is 264 Å². The van der Waals surface area contributed by atoms with Gasteiger partial charge in [0.2, 0.25) is 0 Å². The molecule has 0 amide bonds. The molecular weight excluding hydrogens is 933 g/mol. The number of aliphatic hydroxyl groups is 1. The van der Waals surface area contributed by atoms with Crippen LogP contribution in [0.5, 0.6) is 0 Å². The van der Waals surface area contributed by atoms with Crippen molar-refractivity contribution < 1.29 is 24.2 Å². The molecule has 0 aromatic carbocycles. The molecule has 5 heteroatoms. The molecule has 0 bridgehead atoms. The van der Waals surface area contributed by atoms with Gasteiger partial charge in [0, 0.05) is 12.8 Å². The maximum Gasteiger partial charge on any atom is 0.306 e. The lowest BCUT2D eigenvalue weighted by Gasteiger charge is -2.15. The average Bonchev–Trinajstić information content (AvgIpc) is 3.42. The number of allylic oxidation sites excluding steroid dienone is 26. The van der Waals surface area contributed by atoms with Crippen molar-refractivity contribution in [1.29, 1.82) is 0 Å². The van der Waals surface area contributed by atoms with Gasteiger partial charge in [-0.3, -0.25) is 9.59 Å². The van der Waals surface area contributed by atoms with Crippen molar-refractivity contribution in [2.75, 3.05) is 13.2 Å². The molecule has 0 heterocycles. The van der Waals surface area contributed by atoms with E-state index in [1.165, 1.54) is 103 Å². The fourth-order valence-electron chi connectivity index (χ4n) is 8.25. The van der Waals surface area contributed by atoms with Gasteiger partial charge in [0.05, 0.1) is 6.61 Å². The topological polar surface area (TPSA) is 72.8 Å². The quantitative estimate of drug-likeness (QED) is 0.0373. The van der Waals surface area contributed by atoms with Gasteiger partial charge in [0.15, 0.2) is 6.10 Å². The van der Waals surface area contributed by atoms with Crippen LogP contribution in [-0.4, -0.2) is 36.4 Å². The van der Waals surface area contributed by atoms with Crippen molar-refractivity contribution in [1.82, 2.24) is 0 Å². The van der Waals surface area contributed by atoms with Crippen LogP contribution in [0, 0.1) is 0 Å². The van der Waals surface area contributed by atoms with Crippen molar-refractivity contribution in [3.63, 3.8) is 0 Å². The summed E-state index contributed by atoms with van der Waals surface area (Å²) in [4.78, 5) is 24.6. The van der Waals surface area contributed by atoms with Crippen LogP contribution in [-0.2, 0) is 19.1 Å². The fourth-order valence-corrected chi connectivity index (χ4v) is 8.25. The molecule has 76 heavy (non-hydrogen) atoms. The Kier molecular flexibility index (Phi) is 61.0. The Morgan fingerprint density at radius 3 is 0.789 bits per heavy atom. The van der Waals surface area contributed by atoms with E-state index in [0.717, 1.165) is 128 Å². The van der Waals surface area contributed by atoms with Crippen molar-refractivity contribution in [3.8, 4) is 0 Å². The molecule has 0 aliphatic rings. The first-order chi connectivity index (χ1) is 37.6. The van der Waals surface area contributed by atoms with E-state index < -0.39 is 6.10 Å². The summed E-state index contributed by atoms with van der Waals surface area (Å²) in [5, 5.41) is 9.68. The van der Waals surface area contributed by atoms with Crippen molar-refractivity contribution >= 4 is 11.9 Å². The lowest BCUT2D eigenvalue weighted by Crippen LogP contribution is -2.28. The van der Waals surface area contributed by atoms with Crippen molar-refractivity contribution in [3.05, 3.63) is 158 Å². The molecule has 0 radical (unpaired) electrons. The summed E-state index contributed by atoms with van der Waals surface area (Å²) in [6.07, 6.45) is 99.4. The van der Waals surface area contributed by atoms with Gasteiger partial charge in [0.25, 0.3) is 0 Å². The number of hydrogen-bond acceptors (Lipinski definition) is 5. The van der Waals surface area contributed by atoms with Gasteiger partial charge in [0.1, 0.15) is 6.61 Å². The van der Waals surface area contributed by atoms with Gasteiger partial charge in [-0.25, -0.2) is 0 Å². The van der Waals surface area contributed by atoms with Crippen LogP contribution < -0.4 is 0 Å². The molecule has 0 aliphatic carbocycles. The Hall–Kier alpha value is -4.48. The third-order valence-electron chi connectivity index (χ3n) is 12.8. The van der Waals surface area contributed by atoms with Crippen LogP contribution in [0.4, 0.5) is 0 Å². The molecule has 1 unspecified atom stereocenters. The molecule has 1 N–H and O–H groups in total. The third kappa shape index (κ3) is 62.1. The Morgan fingerprint density at radius 2 is 0.526 bits per heavy atom. The second-order valence-corrected chi connectivity index (χ2v) is 20.0. The number of carbonyl (C=O) groups excluding carboxylic acids is 2. The van der Waals surface area contributed by atoms with Gasteiger partial charge in [-0.1, -0.05) is 281 Å². The van der Waals surface area contributed by atoms with E-state index in [-0.39, 0.29) is 25.2 Å². The third-order valence-corrected chi connectivity index (χ3v) is 12.8. The van der Waals surface area contributed by atoms with E-state index in [0.29, 0.717) is 12.8 Å². The number of esters is 2. The molecule has 0 aromatic heterocycles. The highest BCUT2D eigenvalue weighted by Crippen LogP contribution is 2.15. The zero-order valence-corrected chi connectivity index (χ0v) is 49.0. The summed E-state index contributed by atoms with van der Waals surface area (Å²) in [6.45, 7) is 3.90. The van der Waals surface area contributed by atoms with E-state index in [4.69, 9.17) is 9.47 Å². The Balaban J connectivity index is 3.55. The molecule has 0 saturated heterocycles. The summed E-state index contributed by atoms with van der Waals surface area (Å²) in [6, 6.07) is 0. The standard InChI is InChI=1S/C71H114O5/c1-3-5-7-9-11-13-15-17-19-21-23-25-27-29-30-31-32-33-34-35-36-37-38-39-40-42-44-46-48-50-52-54-56-58-60-62-64-66-71(74)76-69(67-72)68-75-70(73)65-63-61-59-57-55-53-51-49-47-45-43-41-28-26-24-22-20-18-16-14-12-10-8-6-4-2/h5-8,11-14,17-20,23-26,29-30,32-33,35-36,41,43,47,49,69,72H,3-4,9-10,15-16,21-22,27-28,31,34,37-40,42,44-46,48,50-68H2,1-2H3/b7-5-,8-6-,13-11-,14-12-,19-17-,20-18-,25-23-,26-24-,30-29-,33-32-,36-35-,43-41-,49-47-. The summed E-state index contributed by atoms with van der Waals surface area (Å²) in [5.74, 6) is -0.613. The van der Waals surface area contributed by atoms with Crippen LogP contribution in [0.3, 0.4) is 0 Å². The minimum Gasteiger partial charge on any atom is -0.462 e. The number of hydrogen-bond donors (Lipinski definition) is 1. The number of aliphatic hydroxyl groups excluding tert-OH is 1. The minimum atomic E-state index is -0.791. The minimum absolute atomic E-state index is 0.0819. The lowest BCUT2D eigenvalue weighted by molar-refractivity contribution is -0.161. The largest absolute Gasteiger partial charge is 0.462 e. The summed E-state index contributed by atoms with van der Waals surface area (Å²) in [7, 11) is 0. The summed E-state index contributed by atoms with van der Waals surface area (Å²) in [5.41, 5.74) is 0. The molecule has 0 aliphatic heterocycles. The molecule has 428 valence electrons. The van der Waals surface area contributed by atoms with Crippen LogP contribution in [0.1, 0.15) is 258 Å². The monoisotopic (exact) mass is 1050 g/mol. The Labute approximate surface area is 469 Å². The van der Waals surface area contributed by atoms with Crippen LogP contribution in [0.15, 0.2) is 158 Å². The van der Waals surface area contributed by atoms with E-state index in [2.05, 4.69) is 172 Å². The second kappa shape index (κ2) is 64.8. The first-order valence-corrected chi connectivity index (χ1v) is 31.0. The predicted molar refractivity (Wildman–Crippen MR) is 334 cm³/mol. The molecule has 0 fully saturated rings. The van der Waals surface area contributed by atoms with Gasteiger partial charge < -0.3 is 14.6 Å². The summed E-state index contributed by atoms with van der Waals surface area (Å²) >= 11 is 0. The van der Waals surface area contributed by atoms with Crippen LogP contribution in [0.25, 0.3) is 0 Å². The number of ether oxygens (including phenoxy) is 2. The van der Waals surface area contributed by atoms with Gasteiger partial charge in [-0.2, -0.15) is 0 Å². The molecule has 0 spiro atoms. The normalized spacial score (nSPS) is 13.4. The highest BCUT2D eigenvalue weighted by molar-refractivity contribution is 5.70. The van der Waals surface area contributed by atoms with E-state index in [1.807, 2.05) is 0 Å². The first-order valence-electron chi connectivity index (χ1n) is 31.0. The zero-order valence-electron chi connectivity index (χ0n) is 49.0. The SMILES string of the molecule is CC/C=C\C/C=C\C/C=C\C/C=C\C/C=C\C/C=C\C/C=C\CCCCCCCCCCCCCCCCCC(=O)OC(CO)COC(=O)CCCCCCCC/C=C\C/C=C\C/C=C\C/C=C\C/C=C\C/C=C\CC. The van der Waals surface area contributed by atoms with Crippen molar-refractivity contribution in [2.24, 2.45) is 0 Å². The molecule has 0 saturated carbocycles. The van der Waals surface area contributed by atoms with E-state index in [1.54, 1.807) is 0 Å². The lowest BCUT2D eigenvalue weighted by atomic mass is 10.0. The predicted octanol–water partition coefficient (Wildman–Crippen LogP) is 21.5. The smallest absolute Gasteiger partial charge is 0.306 e. The Bertz CT molecular complexity index is 1660. The average molecular weight is 1050 g/mol. The molecule has 0 rings (SSSR count). The molecular formula is C71H114O5. The van der Waals surface area contributed by atoms with Crippen LogP contribution in [0.2, 0.25) is 0 Å². The molecule has 1 atom stereocenters. The van der Waals surface area contributed by atoms with E-state index >= 15 is 0 Å². The van der Waals surface area contributed by atoms with Gasteiger partial charge in [-0.15, -0.1) is 0 Å². The van der Waals surface area contributed by atoms with Gasteiger partial charge in [-0.05, 0) is 122 Å². The fraction of sp³-hybridized carbons (Fsp3) is 0.606. The van der Waals surface area contributed by atoms with E-state index in [9.17, 15) is 14.7 Å². The number of unbranched alkanes of at least 4 members (excludes halogenated alkanes) is 21. The zero-order chi connectivity index (χ0) is 54.8. The number of rotatable bonds is 55. The highest BCUT2D eigenvalue weighted by Gasteiger charge is 2.16. The molecule has 0 aromatic rings. The maximum absolute atomic E-state index is 12.3. The molecule has 5 nitrogen and oxygen atoms in total. The van der Waals surface area contributed by atoms with Crippen LogP contribution >= 0.6 is 0 Å². The Morgan fingerprint density at radius 1 is 0.303 bits per heavy atom.